The van der Waals surface area contributed by atoms with Gasteiger partial charge in [0.15, 0.2) is 5.54 Å². The topological polar surface area (TPSA) is 124 Å². The van der Waals surface area contributed by atoms with Crippen LogP contribution in [0.5, 0.6) is 5.75 Å². The fraction of sp³-hybridized carbons (Fsp3) is 0.600. The molecule has 1 aromatic carbocycles. The van der Waals surface area contributed by atoms with Crippen molar-refractivity contribution in [3.8, 4) is 5.75 Å². The van der Waals surface area contributed by atoms with Gasteiger partial charge in [-0.2, -0.15) is 5.01 Å². The zero-order chi connectivity index (χ0) is 27.9. The highest BCUT2D eigenvalue weighted by atomic mass is 16.6. The summed E-state index contributed by atoms with van der Waals surface area (Å²) in [5, 5.41) is 0.733. The van der Waals surface area contributed by atoms with Crippen molar-refractivity contribution >= 4 is 29.9 Å². The maximum Gasteiger partial charge on any atom is 0.430 e. The number of rotatable bonds is 2. The molecule has 0 aromatic heterocycles. The molecular formula is C25H37N3O8. The monoisotopic (exact) mass is 507 g/mol. The Morgan fingerprint density at radius 3 is 1.89 bits per heavy atom. The van der Waals surface area contributed by atoms with Crippen LogP contribution in [0.1, 0.15) is 74.8 Å². The van der Waals surface area contributed by atoms with Crippen molar-refractivity contribution in [2.75, 3.05) is 12.0 Å². The van der Waals surface area contributed by atoms with E-state index in [1.54, 1.807) is 68.4 Å². The number of nitrogens with one attached hydrogen (secondary N) is 1. The Balaban J connectivity index is 2.70. The maximum atomic E-state index is 13.9. The van der Waals surface area contributed by atoms with E-state index in [2.05, 4.69) is 5.43 Å². The first-order valence-electron chi connectivity index (χ1n) is 11.5. The Labute approximate surface area is 211 Å². The van der Waals surface area contributed by atoms with Crippen molar-refractivity contribution in [1.29, 1.82) is 0 Å². The van der Waals surface area contributed by atoms with Gasteiger partial charge in [-0.15, -0.1) is 0 Å². The Morgan fingerprint density at radius 1 is 0.889 bits per heavy atom. The SMILES string of the molecule is COc1ccc2c(c1)[C@@](C)(N(NC(=O)OC(C)(C)C)C(=O)OC(C)(C)C)C(=O)N2C(=O)OC(C)(C)C. The summed E-state index contributed by atoms with van der Waals surface area (Å²) in [6, 6.07) is 4.57. The van der Waals surface area contributed by atoms with Crippen LogP contribution >= 0.6 is 0 Å². The van der Waals surface area contributed by atoms with Crippen molar-refractivity contribution in [3.63, 3.8) is 0 Å². The predicted octanol–water partition coefficient (Wildman–Crippen LogP) is 4.87. The summed E-state index contributed by atoms with van der Waals surface area (Å²) >= 11 is 0. The second-order valence-electron chi connectivity index (χ2n) is 11.5. The molecule has 1 aliphatic heterocycles. The third-order valence-corrected chi connectivity index (χ3v) is 4.79. The van der Waals surface area contributed by atoms with Gasteiger partial charge in [-0.25, -0.2) is 24.7 Å². The van der Waals surface area contributed by atoms with Crippen LogP contribution in [0.15, 0.2) is 18.2 Å². The Morgan fingerprint density at radius 2 is 1.42 bits per heavy atom. The molecule has 0 bridgehead atoms. The number of carbonyl (C=O) groups excluding carboxylic acids is 4. The molecule has 1 heterocycles. The molecule has 2 rings (SSSR count). The van der Waals surface area contributed by atoms with Gasteiger partial charge in [0.25, 0.3) is 5.91 Å². The summed E-state index contributed by atoms with van der Waals surface area (Å²) in [7, 11) is 1.44. The molecule has 0 aliphatic carbocycles. The van der Waals surface area contributed by atoms with E-state index in [-0.39, 0.29) is 11.3 Å². The number of imide groups is 1. The third kappa shape index (κ3) is 6.38. The molecule has 200 valence electrons. The molecule has 1 aromatic rings. The van der Waals surface area contributed by atoms with Gasteiger partial charge in [0.05, 0.1) is 12.8 Å². The van der Waals surface area contributed by atoms with Crippen molar-refractivity contribution in [1.82, 2.24) is 10.4 Å². The molecule has 1 aliphatic rings. The molecule has 0 saturated heterocycles. The van der Waals surface area contributed by atoms with Gasteiger partial charge in [0.2, 0.25) is 0 Å². The maximum absolute atomic E-state index is 13.9. The summed E-state index contributed by atoms with van der Waals surface area (Å²) in [5.74, 6) is -0.484. The summed E-state index contributed by atoms with van der Waals surface area (Å²) in [6.07, 6.45) is -2.98. The van der Waals surface area contributed by atoms with Gasteiger partial charge in [-0.1, -0.05) is 0 Å². The molecule has 0 unspecified atom stereocenters. The average Bonchev–Trinajstić information content (AvgIpc) is 2.89. The van der Waals surface area contributed by atoms with Crippen LogP contribution in [0.25, 0.3) is 0 Å². The van der Waals surface area contributed by atoms with Crippen LogP contribution in [-0.2, 0) is 24.5 Å². The first-order valence-corrected chi connectivity index (χ1v) is 11.5. The second-order valence-corrected chi connectivity index (χ2v) is 11.5. The molecule has 0 radical (unpaired) electrons. The van der Waals surface area contributed by atoms with E-state index in [0.29, 0.717) is 5.75 Å². The first kappa shape index (κ1) is 28.7. The van der Waals surface area contributed by atoms with Gasteiger partial charge in [-0.05, 0) is 87.4 Å². The van der Waals surface area contributed by atoms with Crippen LogP contribution in [-0.4, -0.2) is 53.1 Å². The minimum absolute atomic E-state index is 0.164. The number of hydrogen-bond donors (Lipinski definition) is 1. The zero-order valence-corrected chi connectivity index (χ0v) is 22.9. The molecule has 1 atom stereocenters. The van der Waals surface area contributed by atoms with E-state index in [1.807, 2.05) is 0 Å². The van der Waals surface area contributed by atoms with Crippen LogP contribution < -0.4 is 15.1 Å². The highest BCUT2D eigenvalue weighted by Gasteiger charge is 2.58. The predicted molar refractivity (Wildman–Crippen MR) is 132 cm³/mol. The van der Waals surface area contributed by atoms with Crippen LogP contribution in [0.2, 0.25) is 0 Å². The largest absolute Gasteiger partial charge is 0.497 e. The van der Waals surface area contributed by atoms with Gasteiger partial charge < -0.3 is 18.9 Å². The van der Waals surface area contributed by atoms with Crippen LogP contribution in [0, 0.1) is 0 Å². The summed E-state index contributed by atoms with van der Waals surface area (Å²) < 4.78 is 21.6. The standard InChI is InChI=1S/C25H37N3O8/c1-22(2,3)34-19(30)26-28(21(32)36-24(7,8)9)25(10)16-14-15(33-11)12-13-17(16)27(18(25)29)20(31)35-23(4,5)6/h12-14H,1-11H3,(H,26,30)/t25-/m1/s1. The number of ether oxygens (including phenoxy) is 4. The van der Waals surface area contributed by atoms with Gasteiger partial charge in [0, 0.05) is 5.56 Å². The van der Waals surface area contributed by atoms with Crippen LogP contribution in [0.4, 0.5) is 20.1 Å². The highest BCUT2D eigenvalue weighted by Crippen LogP contribution is 2.46. The number of hydrazine groups is 1. The lowest BCUT2D eigenvalue weighted by Crippen LogP contribution is -2.62. The number of hydrogen-bond acceptors (Lipinski definition) is 8. The Kier molecular flexibility index (Phi) is 7.59. The van der Waals surface area contributed by atoms with Crippen molar-refractivity contribution < 1.29 is 38.1 Å². The first-order chi connectivity index (χ1) is 16.2. The lowest BCUT2D eigenvalue weighted by Gasteiger charge is -2.38. The lowest BCUT2D eigenvalue weighted by molar-refractivity contribution is -0.130. The van der Waals surface area contributed by atoms with E-state index in [1.165, 1.54) is 26.2 Å². The summed E-state index contributed by atoms with van der Waals surface area (Å²) in [5.41, 5.74) is -1.97. The zero-order valence-electron chi connectivity index (χ0n) is 22.9. The minimum Gasteiger partial charge on any atom is -0.497 e. The number of nitrogens with zero attached hydrogens (tertiary/aromatic N) is 2. The van der Waals surface area contributed by atoms with Crippen molar-refractivity contribution in [2.24, 2.45) is 0 Å². The molecular weight excluding hydrogens is 470 g/mol. The molecule has 11 heteroatoms. The summed E-state index contributed by atoms with van der Waals surface area (Å²) in [6.45, 7) is 16.2. The Hall–Kier alpha value is -3.50. The summed E-state index contributed by atoms with van der Waals surface area (Å²) in [4.78, 5) is 54.0. The Bertz CT molecular complexity index is 1050. The second kappa shape index (κ2) is 9.51. The fourth-order valence-electron chi connectivity index (χ4n) is 3.41. The van der Waals surface area contributed by atoms with Crippen LogP contribution in [0.3, 0.4) is 0 Å². The molecule has 4 amide bonds. The normalized spacial score (nSPS) is 17.8. The van der Waals surface area contributed by atoms with E-state index in [4.69, 9.17) is 18.9 Å². The third-order valence-electron chi connectivity index (χ3n) is 4.79. The number of methoxy groups -OCH3 is 1. The minimum atomic E-state index is -1.93. The highest BCUT2D eigenvalue weighted by molar-refractivity contribution is 6.21. The average molecular weight is 508 g/mol. The number of anilines is 1. The van der Waals surface area contributed by atoms with Gasteiger partial charge in [0.1, 0.15) is 22.6 Å². The quantitative estimate of drug-likeness (QED) is 0.444. The number of carbonyl (C=O) groups is 4. The molecule has 11 nitrogen and oxygen atoms in total. The molecule has 0 fully saturated rings. The van der Waals surface area contributed by atoms with E-state index in [9.17, 15) is 19.2 Å². The number of fused-ring (bicyclic) bond motifs is 1. The molecule has 0 saturated carbocycles. The fourth-order valence-corrected chi connectivity index (χ4v) is 3.41. The van der Waals surface area contributed by atoms with E-state index in [0.717, 1.165) is 9.91 Å². The smallest absolute Gasteiger partial charge is 0.430 e. The molecule has 1 N–H and O–H groups in total. The molecule has 36 heavy (non-hydrogen) atoms. The van der Waals surface area contributed by atoms with E-state index < -0.39 is 46.5 Å². The van der Waals surface area contributed by atoms with Crippen molar-refractivity contribution in [3.05, 3.63) is 23.8 Å². The van der Waals surface area contributed by atoms with Gasteiger partial charge in [-0.3, -0.25) is 4.79 Å². The molecule has 0 spiro atoms. The van der Waals surface area contributed by atoms with Gasteiger partial charge >= 0.3 is 18.3 Å². The number of amides is 4. The van der Waals surface area contributed by atoms with Crippen molar-refractivity contribution in [2.45, 2.75) is 91.6 Å². The van der Waals surface area contributed by atoms with E-state index >= 15 is 0 Å². The number of benzene rings is 1. The lowest BCUT2D eigenvalue weighted by atomic mass is 9.92.